The molecule has 0 aliphatic carbocycles. The second-order valence-corrected chi connectivity index (χ2v) is 4.31. The van der Waals surface area contributed by atoms with Crippen LogP contribution in [0.4, 0.5) is 0 Å². The number of benzene rings is 1. The molecule has 0 radical (unpaired) electrons. The minimum Gasteiger partial charge on any atom is -0.497 e. The number of aliphatic hydroxyl groups excluding tert-OH is 1. The van der Waals surface area contributed by atoms with E-state index in [9.17, 15) is 9.90 Å². The van der Waals surface area contributed by atoms with Crippen molar-refractivity contribution in [3.8, 4) is 5.75 Å². The Morgan fingerprint density at radius 1 is 1.56 bits per heavy atom. The number of β-amino-alcohol motifs (C(OH)–C–C–N with tert-alkyl or cyclic N) is 1. The van der Waals surface area contributed by atoms with Gasteiger partial charge in [0.1, 0.15) is 18.4 Å². The quantitative estimate of drug-likeness (QED) is 0.761. The Labute approximate surface area is 106 Å². The van der Waals surface area contributed by atoms with Gasteiger partial charge in [-0.3, -0.25) is 4.79 Å². The van der Waals surface area contributed by atoms with Crippen LogP contribution in [0.3, 0.4) is 0 Å². The van der Waals surface area contributed by atoms with Crippen molar-refractivity contribution in [1.29, 1.82) is 0 Å². The summed E-state index contributed by atoms with van der Waals surface area (Å²) in [6, 6.07) is 6.97. The van der Waals surface area contributed by atoms with Crippen molar-refractivity contribution < 1.29 is 19.4 Å². The first-order valence-corrected chi connectivity index (χ1v) is 5.90. The zero-order chi connectivity index (χ0) is 13.0. The number of ether oxygens (including phenoxy) is 2. The van der Waals surface area contributed by atoms with E-state index < -0.39 is 12.1 Å². The molecule has 0 saturated carbocycles. The van der Waals surface area contributed by atoms with Gasteiger partial charge >= 0.3 is 5.97 Å². The van der Waals surface area contributed by atoms with Gasteiger partial charge < -0.3 is 19.9 Å². The van der Waals surface area contributed by atoms with Gasteiger partial charge in [-0.25, -0.2) is 0 Å². The van der Waals surface area contributed by atoms with Gasteiger partial charge in [-0.1, -0.05) is 12.1 Å². The van der Waals surface area contributed by atoms with E-state index in [0.29, 0.717) is 13.0 Å². The van der Waals surface area contributed by atoms with E-state index in [1.165, 1.54) is 0 Å². The van der Waals surface area contributed by atoms with E-state index >= 15 is 0 Å². The molecule has 0 bridgehead atoms. The monoisotopic (exact) mass is 251 g/mol. The molecule has 5 heteroatoms. The maximum absolute atomic E-state index is 11.7. The van der Waals surface area contributed by atoms with Crippen LogP contribution in [-0.4, -0.2) is 36.9 Å². The molecule has 1 heterocycles. The Kier molecular flexibility index (Phi) is 4.17. The highest BCUT2D eigenvalue weighted by Crippen LogP contribution is 2.14. The van der Waals surface area contributed by atoms with Crippen LogP contribution < -0.4 is 10.1 Å². The fraction of sp³-hybridized carbons (Fsp3) is 0.462. The molecule has 1 saturated heterocycles. The highest BCUT2D eigenvalue weighted by Gasteiger charge is 2.29. The molecule has 2 atom stereocenters. The minimum atomic E-state index is -0.459. The molecular formula is C13H17NO4. The molecule has 18 heavy (non-hydrogen) atoms. The van der Waals surface area contributed by atoms with Gasteiger partial charge in [0.05, 0.1) is 13.2 Å². The number of esters is 1. The number of methoxy groups -OCH3 is 1. The molecule has 0 amide bonds. The summed E-state index contributed by atoms with van der Waals surface area (Å²) < 4.78 is 10.3. The topological polar surface area (TPSA) is 67.8 Å². The SMILES string of the molecule is COc1cccc(COC(=O)C2CC(O)CN2)c1. The molecule has 5 nitrogen and oxygen atoms in total. The lowest BCUT2D eigenvalue weighted by molar-refractivity contribution is -0.147. The highest BCUT2D eigenvalue weighted by atomic mass is 16.5. The molecule has 0 spiro atoms. The summed E-state index contributed by atoms with van der Waals surface area (Å²) in [4.78, 5) is 11.7. The lowest BCUT2D eigenvalue weighted by Crippen LogP contribution is -2.32. The number of rotatable bonds is 4. The Balaban J connectivity index is 1.85. The average Bonchev–Trinajstić information content (AvgIpc) is 2.83. The molecule has 1 aromatic rings. The zero-order valence-corrected chi connectivity index (χ0v) is 10.3. The molecule has 1 aliphatic rings. The summed E-state index contributed by atoms with van der Waals surface area (Å²) in [6.07, 6.45) is -0.0453. The predicted octanol–water partition coefficient (Wildman–Crippen LogP) is 0.461. The minimum absolute atomic E-state index is 0.213. The Hall–Kier alpha value is -1.59. The van der Waals surface area contributed by atoms with Crippen LogP contribution in [0.25, 0.3) is 0 Å². The lowest BCUT2D eigenvalue weighted by atomic mass is 10.2. The Bertz CT molecular complexity index is 421. The molecule has 1 fully saturated rings. The molecular weight excluding hydrogens is 234 g/mol. The number of aliphatic hydroxyl groups is 1. The number of hydrogen-bond acceptors (Lipinski definition) is 5. The fourth-order valence-electron chi connectivity index (χ4n) is 1.91. The standard InChI is InChI=1S/C13H17NO4/c1-17-11-4-2-3-9(5-11)8-18-13(16)12-6-10(15)7-14-12/h2-5,10,12,14-15H,6-8H2,1H3. The van der Waals surface area contributed by atoms with E-state index in [1.54, 1.807) is 7.11 Å². The lowest BCUT2D eigenvalue weighted by Gasteiger charge is -2.10. The third kappa shape index (κ3) is 3.21. The first-order chi connectivity index (χ1) is 8.69. The van der Waals surface area contributed by atoms with Gasteiger partial charge in [-0.15, -0.1) is 0 Å². The molecule has 2 N–H and O–H groups in total. The molecule has 98 valence electrons. The van der Waals surface area contributed by atoms with Gasteiger partial charge in [0.15, 0.2) is 0 Å². The summed E-state index contributed by atoms with van der Waals surface area (Å²) in [5.74, 6) is 0.410. The van der Waals surface area contributed by atoms with E-state index in [0.717, 1.165) is 11.3 Å². The average molecular weight is 251 g/mol. The van der Waals surface area contributed by atoms with Crippen LogP contribution in [0.15, 0.2) is 24.3 Å². The van der Waals surface area contributed by atoms with Gasteiger partial charge in [-0.05, 0) is 17.7 Å². The van der Waals surface area contributed by atoms with Crippen LogP contribution in [0, 0.1) is 0 Å². The number of carbonyl (C=O) groups excluding carboxylic acids is 1. The van der Waals surface area contributed by atoms with Crippen LogP contribution in [-0.2, 0) is 16.1 Å². The van der Waals surface area contributed by atoms with Crippen LogP contribution in [0.1, 0.15) is 12.0 Å². The largest absolute Gasteiger partial charge is 0.497 e. The predicted molar refractivity (Wildman–Crippen MR) is 65.2 cm³/mol. The summed E-state index contributed by atoms with van der Waals surface area (Å²) in [6.45, 7) is 0.656. The number of nitrogens with one attached hydrogen (secondary N) is 1. The van der Waals surface area contributed by atoms with Crippen molar-refractivity contribution in [2.45, 2.75) is 25.2 Å². The van der Waals surface area contributed by atoms with Crippen molar-refractivity contribution in [3.05, 3.63) is 29.8 Å². The third-order valence-electron chi connectivity index (χ3n) is 2.91. The Morgan fingerprint density at radius 2 is 2.39 bits per heavy atom. The van der Waals surface area contributed by atoms with Gasteiger partial charge in [-0.2, -0.15) is 0 Å². The molecule has 1 aromatic carbocycles. The summed E-state index contributed by atoms with van der Waals surface area (Å²) in [5.41, 5.74) is 0.876. The smallest absolute Gasteiger partial charge is 0.323 e. The van der Waals surface area contributed by atoms with Crippen LogP contribution >= 0.6 is 0 Å². The highest BCUT2D eigenvalue weighted by molar-refractivity contribution is 5.76. The normalized spacial score (nSPS) is 22.8. The molecule has 2 unspecified atom stereocenters. The second kappa shape index (κ2) is 5.84. The Morgan fingerprint density at radius 3 is 3.06 bits per heavy atom. The van der Waals surface area contributed by atoms with Crippen molar-refractivity contribution in [3.63, 3.8) is 0 Å². The van der Waals surface area contributed by atoms with Crippen molar-refractivity contribution in [2.75, 3.05) is 13.7 Å². The summed E-state index contributed by atoms with van der Waals surface area (Å²) in [7, 11) is 1.59. The number of hydrogen-bond donors (Lipinski definition) is 2. The van der Waals surface area contributed by atoms with E-state index in [1.807, 2.05) is 24.3 Å². The molecule has 1 aliphatic heterocycles. The summed E-state index contributed by atoms with van der Waals surface area (Å²) in [5, 5.41) is 12.2. The van der Waals surface area contributed by atoms with E-state index in [4.69, 9.17) is 9.47 Å². The van der Waals surface area contributed by atoms with Crippen molar-refractivity contribution in [1.82, 2.24) is 5.32 Å². The first-order valence-electron chi connectivity index (χ1n) is 5.90. The maximum atomic E-state index is 11.7. The van der Waals surface area contributed by atoms with Crippen molar-refractivity contribution in [2.24, 2.45) is 0 Å². The second-order valence-electron chi connectivity index (χ2n) is 4.31. The maximum Gasteiger partial charge on any atom is 0.323 e. The zero-order valence-electron chi connectivity index (χ0n) is 10.3. The van der Waals surface area contributed by atoms with E-state index in [2.05, 4.69) is 5.32 Å². The van der Waals surface area contributed by atoms with Gasteiger partial charge in [0.2, 0.25) is 0 Å². The molecule has 2 rings (SSSR count). The van der Waals surface area contributed by atoms with E-state index in [-0.39, 0.29) is 12.6 Å². The first kappa shape index (κ1) is 12.9. The fourth-order valence-corrected chi connectivity index (χ4v) is 1.91. The third-order valence-corrected chi connectivity index (χ3v) is 2.91. The van der Waals surface area contributed by atoms with Crippen LogP contribution in [0.5, 0.6) is 5.75 Å². The van der Waals surface area contributed by atoms with Crippen molar-refractivity contribution >= 4 is 5.97 Å². The van der Waals surface area contributed by atoms with Crippen LogP contribution in [0.2, 0.25) is 0 Å². The number of carbonyl (C=O) groups is 1. The summed E-state index contributed by atoms with van der Waals surface area (Å²) >= 11 is 0. The van der Waals surface area contributed by atoms with Gasteiger partial charge in [0.25, 0.3) is 0 Å². The van der Waals surface area contributed by atoms with Gasteiger partial charge in [0, 0.05) is 13.0 Å². The molecule has 0 aromatic heterocycles.